The fourth-order valence-electron chi connectivity index (χ4n) is 1.56. The van der Waals surface area contributed by atoms with Gasteiger partial charge in [0, 0.05) is 25.6 Å². The van der Waals surface area contributed by atoms with Crippen LogP contribution in [0.15, 0.2) is 11.2 Å². The SMILES string of the molecule is CCNc1cc(NCCCC(=O)OCC)nc(SC)n1. The second-order valence-corrected chi connectivity index (χ2v) is 4.76. The summed E-state index contributed by atoms with van der Waals surface area (Å²) in [5, 5.41) is 7.09. The minimum atomic E-state index is -0.157. The topological polar surface area (TPSA) is 76.1 Å². The minimum absolute atomic E-state index is 0.157. The molecular weight excluding hydrogens is 276 g/mol. The lowest BCUT2D eigenvalue weighted by atomic mass is 10.3. The van der Waals surface area contributed by atoms with Crippen molar-refractivity contribution in [2.75, 3.05) is 36.6 Å². The fourth-order valence-corrected chi connectivity index (χ4v) is 1.94. The molecule has 1 aromatic rings. The van der Waals surface area contributed by atoms with E-state index >= 15 is 0 Å². The number of rotatable bonds is 9. The Balaban J connectivity index is 2.46. The molecule has 7 heteroatoms. The van der Waals surface area contributed by atoms with Crippen LogP contribution in [0.1, 0.15) is 26.7 Å². The highest BCUT2D eigenvalue weighted by Gasteiger charge is 2.04. The molecule has 0 fully saturated rings. The normalized spacial score (nSPS) is 10.2. The maximum absolute atomic E-state index is 11.2. The molecule has 0 bridgehead atoms. The number of carbonyl (C=O) groups excluding carboxylic acids is 1. The average Bonchev–Trinajstić information content (AvgIpc) is 2.44. The van der Waals surface area contributed by atoms with Crippen LogP contribution in [-0.4, -0.2) is 41.9 Å². The molecule has 2 N–H and O–H groups in total. The molecule has 0 atom stereocenters. The second kappa shape index (κ2) is 9.41. The van der Waals surface area contributed by atoms with Crippen molar-refractivity contribution in [1.82, 2.24) is 9.97 Å². The zero-order chi connectivity index (χ0) is 14.8. The van der Waals surface area contributed by atoms with Gasteiger partial charge in [-0.2, -0.15) is 0 Å². The lowest BCUT2D eigenvalue weighted by molar-refractivity contribution is -0.143. The number of carbonyl (C=O) groups is 1. The Morgan fingerprint density at radius 1 is 1.30 bits per heavy atom. The van der Waals surface area contributed by atoms with Gasteiger partial charge >= 0.3 is 5.97 Å². The Morgan fingerprint density at radius 3 is 2.60 bits per heavy atom. The number of aromatic nitrogens is 2. The molecule has 0 unspecified atom stereocenters. The first-order valence-electron chi connectivity index (χ1n) is 6.76. The highest BCUT2D eigenvalue weighted by atomic mass is 32.2. The van der Waals surface area contributed by atoms with E-state index in [2.05, 4.69) is 20.6 Å². The number of ether oxygens (including phenoxy) is 1. The number of anilines is 2. The maximum Gasteiger partial charge on any atom is 0.305 e. The van der Waals surface area contributed by atoms with Crippen LogP contribution in [0.3, 0.4) is 0 Å². The summed E-state index contributed by atoms with van der Waals surface area (Å²) in [6, 6.07) is 1.87. The van der Waals surface area contributed by atoms with Crippen LogP contribution >= 0.6 is 11.8 Å². The Morgan fingerprint density at radius 2 is 2.00 bits per heavy atom. The van der Waals surface area contributed by atoms with E-state index in [1.54, 1.807) is 0 Å². The van der Waals surface area contributed by atoms with Gasteiger partial charge in [-0.05, 0) is 26.5 Å². The molecule has 1 heterocycles. The lowest BCUT2D eigenvalue weighted by Gasteiger charge is -2.09. The first-order chi connectivity index (χ1) is 9.69. The summed E-state index contributed by atoms with van der Waals surface area (Å²) < 4.78 is 4.88. The first-order valence-corrected chi connectivity index (χ1v) is 7.98. The van der Waals surface area contributed by atoms with Gasteiger partial charge in [-0.1, -0.05) is 11.8 Å². The van der Waals surface area contributed by atoms with Crippen LogP contribution in [0.5, 0.6) is 0 Å². The Bertz CT molecular complexity index is 429. The van der Waals surface area contributed by atoms with Crippen LogP contribution in [0.2, 0.25) is 0 Å². The number of hydrogen-bond acceptors (Lipinski definition) is 7. The largest absolute Gasteiger partial charge is 0.466 e. The van der Waals surface area contributed by atoms with Crippen molar-refractivity contribution in [3.63, 3.8) is 0 Å². The second-order valence-electron chi connectivity index (χ2n) is 3.99. The molecule has 0 aliphatic carbocycles. The van der Waals surface area contributed by atoms with Crippen molar-refractivity contribution < 1.29 is 9.53 Å². The maximum atomic E-state index is 11.2. The van der Waals surface area contributed by atoms with Crippen molar-refractivity contribution in [2.24, 2.45) is 0 Å². The van der Waals surface area contributed by atoms with E-state index in [1.807, 2.05) is 26.2 Å². The number of esters is 1. The van der Waals surface area contributed by atoms with E-state index in [9.17, 15) is 4.79 Å². The van der Waals surface area contributed by atoms with Gasteiger partial charge in [-0.15, -0.1) is 0 Å². The highest BCUT2D eigenvalue weighted by Crippen LogP contribution is 2.17. The van der Waals surface area contributed by atoms with Crippen molar-refractivity contribution >= 4 is 29.4 Å². The van der Waals surface area contributed by atoms with Crippen LogP contribution < -0.4 is 10.6 Å². The summed E-state index contributed by atoms with van der Waals surface area (Å²) in [5.41, 5.74) is 0. The third-order valence-corrected chi connectivity index (χ3v) is 2.96. The van der Waals surface area contributed by atoms with Crippen molar-refractivity contribution in [3.8, 4) is 0 Å². The van der Waals surface area contributed by atoms with Crippen LogP contribution in [0, 0.1) is 0 Å². The van der Waals surface area contributed by atoms with Crippen LogP contribution in [0.4, 0.5) is 11.6 Å². The van der Waals surface area contributed by atoms with Gasteiger partial charge in [0.1, 0.15) is 11.6 Å². The smallest absolute Gasteiger partial charge is 0.305 e. The van der Waals surface area contributed by atoms with Gasteiger partial charge in [0.2, 0.25) is 0 Å². The number of nitrogens with zero attached hydrogens (tertiary/aromatic N) is 2. The molecule has 0 saturated carbocycles. The number of nitrogens with one attached hydrogen (secondary N) is 2. The lowest BCUT2D eigenvalue weighted by Crippen LogP contribution is -2.10. The summed E-state index contributed by atoms with van der Waals surface area (Å²) in [4.78, 5) is 19.9. The fraction of sp³-hybridized carbons (Fsp3) is 0.615. The van der Waals surface area contributed by atoms with Crippen LogP contribution in [0.25, 0.3) is 0 Å². The third-order valence-electron chi connectivity index (χ3n) is 2.42. The van der Waals surface area contributed by atoms with Crippen molar-refractivity contribution in [3.05, 3.63) is 6.07 Å². The van der Waals surface area contributed by atoms with Gasteiger partial charge in [0.15, 0.2) is 5.16 Å². The summed E-state index contributed by atoms with van der Waals surface area (Å²) in [6.45, 7) is 5.75. The number of hydrogen-bond donors (Lipinski definition) is 2. The Kier molecular flexibility index (Phi) is 7.79. The predicted octanol–water partition coefficient (Wildman–Crippen LogP) is 2.39. The molecule has 1 aromatic heterocycles. The van der Waals surface area contributed by atoms with E-state index < -0.39 is 0 Å². The monoisotopic (exact) mass is 298 g/mol. The van der Waals surface area contributed by atoms with Gasteiger partial charge in [0.25, 0.3) is 0 Å². The Labute approximate surface area is 124 Å². The molecule has 0 spiro atoms. The Hall–Kier alpha value is -1.50. The minimum Gasteiger partial charge on any atom is -0.466 e. The molecule has 1 rings (SSSR count). The molecule has 20 heavy (non-hydrogen) atoms. The first kappa shape index (κ1) is 16.6. The van der Waals surface area contributed by atoms with Gasteiger partial charge in [-0.3, -0.25) is 4.79 Å². The van der Waals surface area contributed by atoms with Crippen LogP contribution in [-0.2, 0) is 9.53 Å². The van der Waals surface area contributed by atoms with E-state index in [4.69, 9.17) is 4.74 Å². The number of thioether (sulfide) groups is 1. The highest BCUT2D eigenvalue weighted by molar-refractivity contribution is 7.98. The van der Waals surface area contributed by atoms with E-state index in [0.29, 0.717) is 26.0 Å². The molecule has 0 saturated heterocycles. The molecule has 6 nitrogen and oxygen atoms in total. The standard InChI is InChI=1S/C13H22N4O2S/c1-4-14-10-9-11(17-13(16-10)20-3)15-8-6-7-12(18)19-5-2/h9H,4-8H2,1-3H3,(H2,14,15,16,17). The molecule has 0 radical (unpaired) electrons. The summed E-state index contributed by atoms with van der Waals surface area (Å²) in [5.74, 6) is 1.42. The molecule has 112 valence electrons. The van der Waals surface area contributed by atoms with Crippen molar-refractivity contribution in [1.29, 1.82) is 0 Å². The van der Waals surface area contributed by atoms with Crippen molar-refractivity contribution in [2.45, 2.75) is 31.8 Å². The van der Waals surface area contributed by atoms with E-state index in [1.165, 1.54) is 11.8 Å². The van der Waals surface area contributed by atoms with E-state index in [-0.39, 0.29) is 5.97 Å². The van der Waals surface area contributed by atoms with Gasteiger partial charge in [0.05, 0.1) is 6.61 Å². The predicted molar refractivity (Wildman–Crippen MR) is 82.3 cm³/mol. The summed E-state index contributed by atoms with van der Waals surface area (Å²) in [6.07, 6.45) is 3.07. The van der Waals surface area contributed by atoms with Gasteiger partial charge in [-0.25, -0.2) is 9.97 Å². The molecule has 0 aliphatic rings. The summed E-state index contributed by atoms with van der Waals surface area (Å²) >= 11 is 1.50. The van der Waals surface area contributed by atoms with Gasteiger partial charge < -0.3 is 15.4 Å². The third kappa shape index (κ3) is 6.10. The molecule has 0 aromatic carbocycles. The van der Waals surface area contributed by atoms with E-state index in [0.717, 1.165) is 23.3 Å². The zero-order valence-electron chi connectivity index (χ0n) is 12.2. The molecule has 0 amide bonds. The quantitative estimate of drug-likeness (QED) is 0.314. The molecular formula is C13H22N4O2S. The molecule has 0 aliphatic heterocycles. The zero-order valence-corrected chi connectivity index (χ0v) is 13.0. The summed E-state index contributed by atoms with van der Waals surface area (Å²) in [7, 11) is 0. The average molecular weight is 298 g/mol.